The zero-order valence-electron chi connectivity index (χ0n) is 18.4. The van der Waals surface area contributed by atoms with Crippen LogP contribution in [0.1, 0.15) is 35.2 Å². The van der Waals surface area contributed by atoms with E-state index >= 15 is 0 Å². The molecule has 1 aromatic heterocycles. The van der Waals surface area contributed by atoms with E-state index in [2.05, 4.69) is 42.5 Å². The van der Waals surface area contributed by atoms with Crippen molar-refractivity contribution < 1.29 is 14.3 Å². The van der Waals surface area contributed by atoms with E-state index < -0.39 is 5.60 Å². The zero-order valence-corrected chi connectivity index (χ0v) is 19.2. The van der Waals surface area contributed by atoms with Crippen molar-refractivity contribution in [2.45, 2.75) is 24.9 Å². The summed E-state index contributed by atoms with van der Waals surface area (Å²) in [6.07, 6.45) is 3.81. The second-order valence-corrected chi connectivity index (χ2v) is 10.3. The number of hydrogen-bond acceptors (Lipinski definition) is 4. The Balaban J connectivity index is 1.54. The molecule has 4 heteroatoms. The molecule has 2 heterocycles. The first-order chi connectivity index (χ1) is 16.0. The minimum Gasteiger partial charge on any atom is -0.370 e. The van der Waals surface area contributed by atoms with Gasteiger partial charge in [0, 0.05) is 49.9 Å². The van der Waals surface area contributed by atoms with Crippen molar-refractivity contribution in [1.29, 1.82) is 0 Å². The van der Waals surface area contributed by atoms with Crippen LogP contribution in [0.2, 0.25) is 0 Å². The Morgan fingerprint density at radius 1 is 0.970 bits per heavy atom. The van der Waals surface area contributed by atoms with Crippen LogP contribution in [-0.2, 0) is 9.53 Å². The second kappa shape index (κ2) is 7.75. The molecule has 1 aliphatic carbocycles. The Kier molecular flexibility index (Phi) is 4.82. The molecule has 3 nitrogen and oxygen atoms in total. The number of allylic oxidation sites excluding steroid dienone is 1. The summed E-state index contributed by atoms with van der Waals surface area (Å²) in [5, 5.41) is 2.45. The van der Waals surface area contributed by atoms with Crippen LogP contribution >= 0.6 is 11.3 Å². The van der Waals surface area contributed by atoms with Gasteiger partial charge in [-0.3, -0.25) is 9.59 Å². The highest BCUT2D eigenvalue weighted by Gasteiger charge is 2.52. The van der Waals surface area contributed by atoms with Gasteiger partial charge in [0.05, 0.1) is 12.2 Å². The fraction of sp³-hybridized carbons (Fsp3) is 0.241. The number of carbonyl (C=O) groups is 2. The van der Waals surface area contributed by atoms with Crippen LogP contribution < -0.4 is 0 Å². The third kappa shape index (κ3) is 3.28. The van der Waals surface area contributed by atoms with Gasteiger partial charge < -0.3 is 4.74 Å². The highest BCUT2D eigenvalue weighted by Crippen LogP contribution is 2.50. The first kappa shape index (κ1) is 20.5. The summed E-state index contributed by atoms with van der Waals surface area (Å²) in [6, 6.07) is 24.3. The number of carbonyl (C=O) groups excluding carboxylic acids is 2. The van der Waals surface area contributed by atoms with Gasteiger partial charge in [-0.1, -0.05) is 66.7 Å². The molecule has 3 aromatic carbocycles. The van der Waals surface area contributed by atoms with E-state index in [-0.39, 0.29) is 29.3 Å². The van der Waals surface area contributed by atoms with E-state index in [0.717, 1.165) is 5.56 Å². The Hall–Kier alpha value is -3.08. The molecule has 0 saturated carbocycles. The van der Waals surface area contributed by atoms with Crippen molar-refractivity contribution in [3.05, 3.63) is 96.1 Å². The van der Waals surface area contributed by atoms with Gasteiger partial charge in [0.1, 0.15) is 0 Å². The molecule has 1 aliphatic heterocycles. The predicted octanol–water partition coefficient (Wildman–Crippen LogP) is 6.57. The number of ketones is 2. The largest absolute Gasteiger partial charge is 0.370 e. The number of rotatable bonds is 3. The third-order valence-electron chi connectivity index (χ3n) is 7.39. The molecule has 33 heavy (non-hydrogen) atoms. The number of benzene rings is 3. The van der Waals surface area contributed by atoms with Gasteiger partial charge in [0.25, 0.3) is 0 Å². The third-order valence-corrected chi connectivity index (χ3v) is 8.63. The molecule has 6 rings (SSSR count). The van der Waals surface area contributed by atoms with E-state index in [1.165, 1.54) is 20.2 Å². The van der Waals surface area contributed by atoms with Crippen LogP contribution in [0.3, 0.4) is 0 Å². The van der Waals surface area contributed by atoms with Crippen molar-refractivity contribution in [3.63, 3.8) is 0 Å². The van der Waals surface area contributed by atoms with Crippen LogP contribution in [-0.4, -0.2) is 23.8 Å². The van der Waals surface area contributed by atoms with Crippen molar-refractivity contribution in [2.75, 3.05) is 6.61 Å². The smallest absolute Gasteiger partial charge is 0.167 e. The minimum absolute atomic E-state index is 0.0626. The van der Waals surface area contributed by atoms with E-state index in [1.54, 1.807) is 17.4 Å². The zero-order chi connectivity index (χ0) is 22.6. The molecule has 1 saturated heterocycles. The quantitative estimate of drug-likeness (QED) is 0.330. The normalized spacial score (nSPS) is 27.1. The molecule has 0 radical (unpaired) electrons. The maximum absolute atomic E-state index is 14.0. The van der Waals surface area contributed by atoms with Crippen molar-refractivity contribution in [3.8, 4) is 0 Å². The fourth-order valence-corrected chi connectivity index (χ4v) is 6.95. The van der Waals surface area contributed by atoms with Crippen LogP contribution in [0.5, 0.6) is 0 Å². The monoisotopic (exact) mass is 452 g/mol. The molecule has 0 unspecified atom stereocenters. The molecule has 1 fully saturated rings. The average Bonchev–Trinajstić information content (AvgIpc) is 3.23. The molecule has 0 bridgehead atoms. The summed E-state index contributed by atoms with van der Waals surface area (Å²) in [6.45, 7) is 2.46. The summed E-state index contributed by atoms with van der Waals surface area (Å²) in [5.41, 5.74) is 1.22. The van der Waals surface area contributed by atoms with Gasteiger partial charge in [-0.05, 0) is 30.7 Å². The Morgan fingerprint density at radius 2 is 1.73 bits per heavy atom. The van der Waals surface area contributed by atoms with E-state index in [9.17, 15) is 9.59 Å². The van der Waals surface area contributed by atoms with Crippen molar-refractivity contribution >= 4 is 43.1 Å². The molecular formula is C29H24O3S. The van der Waals surface area contributed by atoms with E-state index in [0.29, 0.717) is 18.6 Å². The number of fused-ring (bicyclic) bond motifs is 4. The summed E-state index contributed by atoms with van der Waals surface area (Å²) >= 11 is 1.77. The van der Waals surface area contributed by atoms with E-state index in [1.807, 2.05) is 43.3 Å². The number of Topliss-reactive ketones (excluding diaryl/α,β-unsaturated/α-hetero) is 1. The molecule has 0 amide bonds. The number of thiophene rings is 1. The lowest BCUT2D eigenvalue weighted by Crippen LogP contribution is -2.53. The summed E-state index contributed by atoms with van der Waals surface area (Å²) in [7, 11) is 0. The van der Waals surface area contributed by atoms with Gasteiger partial charge >= 0.3 is 0 Å². The maximum atomic E-state index is 14.0. The van der Waals surface area contributed by atoms with Crippen molar-refractivity contribution in [2.24, 2.45) is 11.8 Å². The predicted molar refractivity (Wildman–Crippen MR) is 133 cm³/mol. The number of hydrogen-bond donors (Lipinski definition) is 0. The van der Waals surface area contributed by atoms with Gasteiger partial charge in [0.2, 0.25) is 0 Å². The molecule has 0 spiro atoms. The second-order valence-electron chi connectivity index (χ2n) is 9.29. The van der Waals surface area contributed by atoms with Crippen LogP contribution in [0.15, 0.2) is 84.9 Å². The summed E-state index contributed by atoms with van der Waals surface area (Å²) in [4.78, 5) is 26.5. The molecule has 2 aliphatic rings. The Bertz CT molecular complexity index is 1420. The van der Waals surface area contributed by atoms with Crippen LogP contribution in [0.4, 0.5) is 0 Å². The van der Waals surface area contributed by atoms with Crippen LogP contribution in [0.25, 0.3) is 20.2 Å². The average molecular weight is 453 g/mol. The summed E-state index contributed by atoms with van der Waals surface area (Å²) in [5.74, 6) is -0.497. The van der Waals surface area contributed by atoms with E-state index in [4.69, 9.17) is 4.74 Å². The summed E-state index contributed by atoms with van der Waals surface area (Å²) < 4.78 is 8.88. The number of ether oxygens (including phenoxy) is 1. The van der Waals surface area contributed by atoms with Gasteiger partial charge in [-0.2, -0.15) is 0 Å². The highest BCUT2D eigenvalue weighted by atomic mass is 32.1. The first-order valence-electron chi connectivity index (χ1n) is 11.4. The highest BCUT2D eigenvalue weighted by molar-refractivity contribution is 7.26. The van der Waals surface area contributed by atoms with Gasteiger partial charge in [0.15, 0.2) is 11.6 Å². The lowest BCUT2D eigenvalue weighted by atomic mass is 9.63. The first-order valence-corrected chi connectivity index (χ1v) is 12.2. The lowest BCUT2D eigenvalue weighted by molar-refractivity contribution is -0.132. The minimum atomic E-state index is -0.617. The molecule has 4 atom stereocenters. The maximum Gasteiger partial charge on any atom is 0.167 e. The SMILES string of the molecule is C[C@]12C=CC(=O)C[C@H]1[C@@H](C(=O)c1ccccc1)[C@H](c1cccc3c1sc1ccccc13)CO2. The van der Waals surface area contributed by atoms with Gasteiger partial charge in [-0.25, -0.2) is 0 Å². The Morgan fingerprint density at radius 3 is 2.58 bits per heavy atom. The van der Waals surface area contributed by atoms with Crippen LogP contribution in [0, 0.1) is 11.8 Å². The fourth-order valence-electron chi connectivity index (χ4n) is 5.67. The lowest BCUT2D eigenvalue weighted by Gasteiger charge is -2.49. The standard InChI is InChI=1S/C29H24O3S/c1-29-15-14-19(30)16-24(29)26(27(31)18-8-3-2-4-9-18)23(17-32-29)22-12-7-11-21-20-10-5-6-13-25(20)33-28(21)22/h2-15,23-24,26H,16-17H2,1H3/t23-,24-,26-,29-/m0/s1. The molecular weight excluding hydrogens is 428 g/mol. The molecule has 0 N–H and O–H groups in total. The molecule has 4 aromatic rings. The Labute approximate surface area is 196 Å². The van der Waals surface area contributed by atoms with Crippen molar-refractivity contribution in [1.82, 2.24) is 0 Å². The topological polar surface area (TPSA) is 43.4 Å². The molecule has 164 valence electrons. The van der Waals surface area contributed by atoms with Gasteiger partial charge in [-0.15, -0.1) is 11.3 Å².